The summed E-state index contributed by atoms with van der Waals surface area (Å²) in [5, 5.41) is 0. The number of benzene rings is 3. The molecule has 0 unspecified atom stereocenters. The molecule has 3 heteroatoms. The standard InChI is InChI=1S/C22H24N2S/c23-15-16-25-22(19-7-3-1-4-8-19,20-9-5-2-6-10-20)21-13-11-18(17-24)12-14-21/h1-14H,15-17,23-24H2. The van der Waals surface area contributed by atoms with Crippen molar-refractivity contribution in [1.29, 1.82) is 0 Å². The van der Waals surface area contributed by atoms with Crippen LogP contribution < -0.4 is 11.5 Å². The largest absolute Gasteiger partial charge is 0.330 e. The monoisotopic (exact) mass is 348 g/mol. The summed E-state index contributed by atoms with van der Waals surface area (Å²) in [7, 11) is 0. The molecule has 3 rings (SSSR count). The van der Waals surface area contributed by atoms with Gasteiger partial charge in [0.2, 0.25) is 0 Å². The smallest absolute Gasteiger partial charge is 0.0907 e. The molecule has 0 fully saturated rings. The quantitative estimate of drug-likeness (QED) is 0.631. The average molecular weight is 349 g/mol. The Morgan fingerprint density at radius 3 is 1.56 bits per heavy atom. The van der Waals surface area contributed by atoms with Crippen LogP contribution >= 0.6 is 11.8 Å². The molecule has 0 aliphatic heterocycles. The van der Waals surface area contributed by atoms with Crippen molar-refractivity contribution >= 4 is 11.8 Å². The first-order chi connectivity index (χ1) is 12.3. The van der Waals surface area contributed by atoms with E-state index in [2.05, 4.69) is 84.9 Å². The minimum atomic E-state index is -0.283. The van der Waals surface area contributed by atoms with Gasteiger partial charge >= 0.3 is 0 Å². The van der Waals surface area contributed by atoms with Crippen molar-refractivity contribution in [2.24, 2.45) is 11.5 Å². The zero-order valence-corrected chi connectivity index (χ0v) is 15.1. The number of nitrogens with two attached hydrogens (primary N) is 2. The lowest BCUT2D eigenvalue weighted by Gasteiger charge is -2.35. The van der Waals surface area contributed by atoms with Crippen LogP contribution in [0.3, 0.4) is 0 Å². The van der Waals surface area contributed by atoms with Gasteiger partial charge in [-0.15, -0.1) is 11.8 Å². The van der Waals surface area contributed by atoms with Gasteiger partial charge in [-0.25, -0.2) is 0 Å². The summed E-state index contributed by atoms with van der Waals surface area (Å²) in [5.74, 6) is 0.877. The number of hydrogen-bond donors (Lipinski definition) is 2. The van der Waals surface area contributed by atoms with Crippen molar-refractivity contribution in [1.82, 2.24) is 0 Å². The second-order valence-corrected chi connectivity index (χ2v) is 7.26. The number of rotatable bonds is 7. The van der Waals surface area contributed by atoms with E-state index in [1.165, 1.54) is 16.7 Å². The Balaban J connectivity index is 2.23. The van der Waals surface area contributed by atoms with E-state index in [1.54, 1.807) is 0 Å². The molecule has 2 nitrogen and oxygen atoms in total. The summed E-state index contributed by atoms with van der Waals surface area (Å²) in [5.41, 5.74) is 16.6. The van der Waals surface area contributed by atoms with Crippen LogP contribution in [0.2, 0.25) is 0 Å². The fraction of sp³-hybridized carbons (Fsp3) is 0.182. The summed E-state index contributed by atoms with van der Waals surface area (Å²) in [6, 6.07) is 30.0. The van der Waals surface area contributed by atoms with E-state index >= 15 is 0 Å². The van der Waals surface area contributed by atoms with Crippen molar-refractivity contribution in [3.63, 3.8) is 0 Å². The van der Waals surface area contributed by atoms with E-state index in [9.17, 15) is 0 Å². The second kappa shape index (κ2) is 8.34. The molecule has 0 atom stereocenters. The van der Waals surface area contributed by atoms with Gasteiger partial charge in [0.1, 0.15) is 0 Å². The Bertz CT molecular complexity index is 731. The molecule has 0 spiro atoms. The van der Waals surface area contributed by atoms with Gasteiger partial charge in [0.15, 0.2) is 0 Å². The van der Waals surface area contributed by atoms with Crippen molar-refractivity contribution in [3.8, 4) is 0 Å². The van der Waals surface area contributed by atoms with E-state index < -0.39 is 0 Å². The first-order valence-electron chi connectivity index (χ1n) is 8.56. The third kappa shape index (κ3) is 3.64. The molecule has 0 saturated carbocycles. The molecule has 0 aliphatic rings. The molecule has 0 bridgehead atoms. The van der Waals surface area contributed by atoms with Gasteiger partial charge in [-0.3, -0.25) is 0 Å². The molecule has 0 radical (unpaired) electrons. The maximum Gasteiger partial charge on any atom is 0.0907 e. The lowest BCUT2D eigenvalue weighted by atomic mass is 9.83. The summed E-state index contributed by atoms with van der Waals surface area (Å²) >= 11 is 1.89. The van der Waals surface area contributed by atoms with E-state index in [0.717, 1.165) is 11.3 Å². The highest BCUT2D eigenvalue weighted by molar-refractivity contribution is 8.00. The molecular formula is C22H24N2S. The molecule has 3 aromatic carbocycles. The molecule has 0 saturated heterocycles. The molecule has 3 aromatic rings. The van der Waals surface area contributed by atoms with E-state index in [-0.39, 0.29) is 4.75 Å². The first-order valence-corrected chi connectivity index (χ1v) is 9.54. The van der Waals surface area contributed by atoms with Crippen LogP contribution in [0.4, 0.5) is 0 Å². The zero-order chi connectivity index (χ0) is 17.5. The van der Waals surface area contributed by atoms with Gasteiger partial charge in [0.25, 0.3) is 0 Å². The molecule has 0 amide bonds. The van der Waals surface area contributed by atoms with E-state index in [0.29, 0.717) is 13.1 Å². The Kier molecular flexibility index (Phi) is 5.92. The molecule has 128 valence electrons. The Morgan fingerprint density at radius 1 is 0.640 bits per heavy atom. The van der Waals surface area contributed by atoms with Crippen LogP contribution in [0, 0.1) is 0 Å². The van der Waals surface area contributed by atoms with Gasteiger partial charge in [-0.05, 0) is 22.3 Å². The summed E-state index contributed by atoms with van der Waals surface area (Å²) in [4.78, 5) is 0. The van der Waals surface area contributed by atoms with Crippen LogP contribution in [0.1, 0.15) is 22.3 Å². The Morgan fingerprint density at radius 2 is 1.12 bits per heavy atom. The predicted molar refractivity (Wildman–Crippen MR) is 109 cm³/mol. The summed E-state index contributed by atoms with van der Waals surface area (Å²) < 4.78 is -0.283. The van der Waals surface area contributed by atoms with Crippen molar-refractivity contribution in [2.45, 2.75) is 11.3 Å². The third-order valence-corrected chi connectivity index (χ3v) is 5.97. The molecule has 0 heterocycles. The molecule has 0 aromatic heterocycles. The van der Waals surface area contributed by atoms with Crippen molar-refractivity contribution < 1.29 is 0 Å². The van der Waals surface area contributed by atoms with Gasteiger partial charge in [-0.1, -0.05) is 84.9 Å². The average Bonchev–Trinajstić information content (AvgIpc) is 2.71. The van der Waals surface area contributed by atoms with Crippen LogP contribution in [-0.4, -0.2) is 12.3 Å². The fourth-order valence-electron chi connectivity index (χ4n) is 3.18. The second-order valence-electron chi connectivity index (χ2n) is 5.95. The topological polar surface area (TPSA) is 52.0 Å². The predicted octanol–water partition coefficient (Wildman–Crippen LogP) is 4.13. The van der Waals surface area contributed by atoms with Gasteiger partial charge < -0.3 is 11.5 Å². The highest BCUT2D eigenvalue weighted by Gasteiger charge is 2.36. The van der Waals surface area contributed by atoms with Crippen molar-refractivity contribution in [3.05, 3.63) is 107 Å². The van der Waals surface area contributed by atoms with E-state index in [1.807, 2.05) is 11.8 Å². The lowest BCUT2D eigenvalue weighted by molar-refractivity contribution is 0.889. The minimum absolute atomic E-state index is 0.283. The van der Waals surface area contributed by atoms with Crippen LogP contribution in [-0.2, 0) is 11.3 Å². The highest BCUT2D eigenvalue weighted by atomic mass is 32.2. The maximum atomic E-state index is 5.88. The zero-order valence-electron chi connectivity index (χ0n) is 14.3. The maximum absolute atomic E-state index is 5.88. The normalized spacial score (nSPS) is 11.4. The van der Waals surface area contributed by atoms with Gasteiger partial charge in [0, 0.05) is 18.8 Å². The number of thioether (sulfide) groups is 1. The highest BCUT2D eigenvalue weighted by Crippen LogP contribution is 2.48. The van der Waals surface area contributed by atoms with Crippen LogP contribution in [0.5, 0.6) is 0 Å². The summed E-state index contributed by atoms with van der Waals surface area (Å²) in [6.07, 6.45) is 0. The Hall–Kier alpha value is -2.07. The SMILES string of the molecule is NCCSC(c1ccccc1)(c1ccccc1)c1ccc(CN)cc1. The van der Waals surface area contributed by atoms with Crippen LogP contribution in [0.25, 0.3) is 0 Å². The molecule has 4 N–H and O–H groups in total. The number of hydrogen-bond acceptors (Lipinski definition) is 3. The molecule has 0 aliphatic carbocycles. The Labute approximate surface area is 154 Å². The minimum Gasteiger partial charge on any atom is -0.330 e. The van der Waals surface area contributed by atoms with Gasteiger partial charge in [-0.2, -0.15) is 0 Å². The molecule has 25 heavy (non-hydrogen) atoms. The van der Waals surface area contributed by atoms with Gasteiger partial charge in [0.05, 0.1) is 4.75 Å². The van der Waals surface area contributed by atoms with Crippen LogP contribution in [0.15, 0.2) is 84.9 Å². The third-order valence-electron chi connectivity index (χ3n) is 4.39. The molecular weight excluding hydrogens is 324 g/mol. The lowest BCUT2D eigenvalue weighted by Crippen LogP contribution is -2.27. The fourth-order valence-corrected chi connectivity index (χ4v) is 4.52. The van der Waals surface area contributed by atoms with Crippen molar-refractivity contribution in [2.75, 3.05) is 12.3 Å². The van der Waals surface area contributed by atoms with E-state index in [4.69, 9.17) is 11.5 Å². The summed E-state index contributed by atoms with van der Waals surface area (Å²) in [6.45, 7) is 1.20. The first kappa shape index (κ1) is 17.7.